The number of benzene rings is 1. The molecule has 0 radical (unpaired) electrons. The molecule has 0 spiro atoms. The van der Waals surface area contributed by atoms with Crippen LogP contribution < -0.4 is 5.32 Å². The van der Waals surface area contributed by atoms with E-state index in [2.05, 4.69) is 52.5 Å². The average Bonchev–Trinajstić information content (AvgIpc) is 2.95. The van der Waals surface area contributed by atoms with Gasteiger partial charge in [0.2, 0.25) is 0 Å². The highest BCUT2D eigenvalue weighted by atomic mass is 16.6. The smallest absolute Gasteiger partial charge is 0.407 e. The molecule has 0 aromatic heterocycles. The fourth-order valence-corrected chi connectivity index (χ4v) is 2.99. The van der Waals surface area contributed by atoms with Crippen LogP contribution in [0.25, 0.3) is 0 Å². The van der Waals surface area contributed by atoms with E-state index in [0.717, 1.165) is 26.2 Å². The quantitative estimate of drug-likeness (QED) is 0.869. The number of carbonyl (C=O) groups is 1. The van der Waals surface area contributed by atoms with Crippen molar-refractivity contribution in [3.63, 3.8) is 0 Å². The number of ether oxygens (including phenoxy) is 1. The SMILES string of the molecule is CN(CCNC(=O)OC(C)(C)C)[C@H]1CCN(Cc2ccccc2)C1. The zero-order valence-corrected chi connectivity index (χ0v) is 15.4. The van der Waals surface area contributed by atoms with Crippen LogP contribution in [0.5, 0.6) is 0 Å². The largest absolute Gasteiger partial charge is 0.444 e. The highest BCUT2D eigenvalue weighted by Gasteiger charge is 2.25. The summed E-state index contributed by atoms with van der Waals surface area (Å²) < 4.78 is 5.25. The van der Waals surface area contributed by atoms with Gasteiger partial charge in [0.1, 0.15) is 5.60 Å². The molecule has 1 aliphatic rings. The maximum atomic E-state index is 11.7. The average molecular weight is 333 g/mol. The van der Waals surface area contributed by atoms with Crippen LogP contribution in [0.4, 0.5) is 4.79 Å². The van der Waals surface area contributed by atoms with Gasteiger partial charge in [-0.15, -0.1) is 0 Å². The summed E-state index contributed by atoms with van der Waals surface area (Å²) >= 11 is 0. The van der Waals surface area contributed by atoms with Gasteiger partial charge in [-0.1, -0.05) is 30.3 Å². The van der Waals surface area contributed by atoms with E-state index in [4.69, 9.17) is 4.74 Å². The molecule has 1 fully saturated rings. The predicted octanol–water partition coefficient (Wildman–Crippen LogP) is 2.72. The van der Waals surface area contributed by atoms with Crippen molar-refractivity contribution in [3.05, 3.63) is 35.9 Å². The third kappa shape index (κ3) is 6.49. The van der Waals surface area contributed by atoms with Gasteiger partial charge in [-0.3, -0.25) is 4.90 Å². The van der Waals surface area contributed by atoms with Gasteiger partial charge in [-0.2, -0.15) is 0 Å². The summed E-state index contributed by atoms with van der Waals surface area (Å²) in [5.74, 6) is 0. The van der Waals surface area contributed by atoms with Crippen LogP contribution in [0, 0.1) is 0 Å². The molecule has 0 unspecified atom stereocenters. The van der Waals surface area contributed by atoms with E-state index in [0.29, 0.717) is 12.6 Å². The highest BCUT2D eigenvalue weighted by molar-refractivity contribution is 5.67. The number of likely N-dealkylation sites (tertiary alicyclic amines) is 1. The van der Waals surface area contributed by atoms with Crippen LogP contribution in [0.1, 0.15) is 32.8 Å². The lowest BCUT2D eigenvalue weighted by Crippen LogP contribution is -2.41. The van der Waals surface area contributed by atoms with Crippen molar-refractivity contribution in [1.29, 1.82) is 0 Å². The van der Waals surface area contributed by atoms with Crippen LogP contribution in [0.2, 0.25) is 0 Å². The molecule has 1 aliphatic heterocycles. The molecule has 1 amide bonds. The van der Waals surface area contributed by atoms with E-state index in [-0.39, 0.29) is 6.09 Å². The number of amides is 1. The van der Waals surface area contributed by atoms with E-state index >= 15 is 0 Å². The number of rotatable bonds is 6. The zero-order valence-electron chi connectivity index (χ0n) is 15.4. The summed E-state index contributed by atoms with van der Waals surface area (Å²) in [6, 6.07) is 11.2. The Labute approximate surface area is 146 Å². The number of alkyl carbamates (subject to hydrolysis) is 1. The fourth-order valence-electron chi connectivity index (χ4n) is 2.99. The molecule has 5 nitrogen and oxygen atoms in total. The predicted molar refractivity (Wildman–Crippen MR) is 97.0 cm³/mol. The highest BCUT2D eigenvalue weighted by Crippen LogP contribution is 2.17. The summed E-state index contributed by atoms with van der Waals surface area (Å²) in [6.07, 6.45) is 0.837. The summed E-state index contributed by atoms with van der Waals surface area (Å²) in [5, 5.41) is 2.83. The number of hydrogen-bond acceptors (Lipinski definition) is 4. The lowest BCUT2D eigenvalue weighted by molar-refractivity contribution is 0.0521. The molecular formula is C19H31N3O2. The lowest BCUT2D eigenvalue weighted by atomic mass is 10.2. The van der Waals surface area contributed by atoms with Gasteiger partial charge in [0, 0.05) is 38.8 Å². The van der Waals surface area contributed by atoms with E-state index in [1.165, 1.54) is 12.0 Å². The van der Waals surface area contributed by atoms with Gasteiger partial charge in [-0.05, 0) is 39.8 Å². The Balaban J connectivity index is 1.67. The second-order valence-corrected chi connectivity index (χ2v) is 7.57. The molecule has 1 aromatic rings. The molecule has 0 bridgehead atoms. The number of hydrogen-bond donors (Lipinski definition) is 1. The molecule has 1 heterocycles. The monoisotopic (exact) mass is 333 g/mol. The van der Waals surface area contributed by atoms with Crippen molar-refractivity contribution >= 4 is 6.09 Å². The molecule has 0 saturated carbocycles. The Bertz CT molecular complexity index is 513. The first kappa shape index (κ1) is 18.7. The second-order valence-electron chi connectivity index (χ2n) is 7.57. The molecule has 24 heavy (non-hydrogen) atoms. The topological polar surface area (TPSA) is 44.8 Å². The maximum absolute atomic E-state index is 11.7. The van der Waals surface area contributed by atoms with Gasteiger partial charge >= 0.3 is 6.09 Å². The Kier molecular flexibility index (Phi) is 6.63. The third-order valence-corrected chi connectivity index (χ3v) is 4.25. The summed E-state index contributed by atoms with van der Waals surface area (Å²) in [6.45, 7) is 10.3. The van der Waals surface area contributed by atoms with E-state index in [9.17, 15) is 4.79 Å². The lowest BCUT2D eigenvalue weighted by Gasteiger charge is -2.25. The molecule has 1 aromatic carbocycles. The van der Waals surface area contributed by atoms with Gasteiger partial charge in [0.05, 0.1) is 0 Å². The van der Waals surface area contributed by atoms with Crippen molar-refractivity contribution in [1.82, 2.24) is 15.1 Å². The summed E-state index contributed by atoms with van der Waals surface area (Å²) in [7, 11) is 2.13. The fraction of sp³-hybridized carbons (Fsp3) is 0.632. The minimum Gasteiger partial charge on any atom is -0.444 e. The molecule has 1 atom stereocenters. The normalized spacial score (nSPS) is 18.8. The molecule has 1 N–H and O–H groups in total. The minimum absolute atomic E-state index is 0.340. The van der Waals surface area contributed by atoms with Crippen LogP contribution in [0.15, 0.2) is 30.3 Å². The standard InChI is InChI=1S/C19H31N3O2/c1-19(2,3)24-18(23)20-11-13-21(4)17-10-12-22(15-17)14-16-8-6-5-7-9-16/h5-9,17H,10-15H2,1-4H3,(H,20,23)/t17-/m0/s1. The molecule has 5 heteroatoms. The molecular weight excluding hydrogens is 302 g/mol. The third-order valence-electron chi connectivity index (χ3n) is 4.25. The first-order valence-electron chi connectivity index (χ1n) is 8.77. The molecule has 134 valence electrons. The van der Waals surface area contributed by atoms with Gasteiger partial charge < -0.3 is 15.0 Å². The first-order chi connectivity index (χ1) is 11.3. The molecule has 0 aliphatic carbocycles. The Morgan fingerprint density at radius 3 is 2.71 bits per heavy atom. The van der Waals surface area contributed by atoms with E-state index < -0.39 is 5.60 Å². The Morgan fingerprint density at radius 1 is 1.33 bits per heavy atom. The van der Waals surface area contributed by atoms with Gasteiger partial charge in [0.15, 0.2) is 0 Å². The summed E-state index contributed by atoms with van der Waals surface area (Å²) in [5.41, 5.74) is 0.923. The molecule has 1 saturated heterocycles. The van der Waals surface area contributed by atoms with Crippen LogP contribution in [0.3, 0.4) is 0 Å². The number of likely N-dealkylation sites (N-methyl/N-ethyl adjacent to an activating group) is 1. The Morgan fingerprint density at radius 2 is 2.04 bits per heavy atom. The van der Waals surface area contributed by atoms with Crippen molar-refractivity contribution in [2.45, 2.75) is 45.4 Å². The van der Waals surface area contributed by atoms with Crippen molar-refractivity contribution in [3.8, 4) is 0 Å². The minimum atomic E-state index is -0.445. The van der Waals surface area contributed by atoms with E-state index in [1.807, 2.05) is 20.8 Å². The number of nitrogens with zero attached hydrogens (tertiary/aromatic N) is 2. The van der Waals surface area contributed by atoms with Crippen molar-refractivity contribution < 1.29 is 9.53 Å². The van der Waals surface area contributed by atoms with Crippen LogP contribution in [-0.4, -0.2) is 60.8 Å². The Hall–Kier alpha value is -1.59. The maximum Gasteiger partial charge on any atom is 0.407 e. The van der Waals surface area contributed by atoms with Crippen molar-refractivity contribution in [2.75, 3.05) is 33.2 Å². The van der Waals surface area contributed by atoms with Gasteiger partial charge in [-0.25, -0.2) is 4.79 Å². The van der Waals surface area contributed by atoms with Crippen molar-refractivity contribution in [2.24, 2.45) is 0 Å². The molecule has 2 rings (SSSR count). The number of carbonyl (C=O) groups excluding carboxylic acids is 1. The zero-order chi connectivity index (χ0) is 17.6. The van der Waals surface area contributed by atoms with Crippen LogP contribution >= 0.6 is 0 Å². The number of nitrogens with one attached hydrogen (secondary N) is 1. The first-order valence-corrected chi connectivity index (χ1v) is 8.77. The van der Waals surface area contributed by atoms with E-state index in [1.54, 1.807) is 0 Å². The second kappa shape index (κ2) is 8.49. The van der Waals surface area contributed by atoms with Gasteiger partial charge in [0.25, 0.3) is 0 Å². The van der Waals surface area contributed by atoms with Crippen LogP contribution in [-0.2, 0) is 11.3 Å². The summed E-state index contributed by atoms with van der Waals surface area (Å²) in [4.78, 5) is 16.5.